The minimum absolute atomic E-state index is 0.110. The van der Waals surface area contributed by atoms with Crippen LogP contribution in [0.2, 0.25) is 0 Å². The zero-order valence-electron chi connectivity index (χ0n) is 8.08. The van der Waals surface area contributed by atoms with E-state index in [0.29, 0.717) is 24.6 Å². The summed E-state index contributed by atoms with van der Waals surface area (Å²) in [6.45, 7) is 3.11. The van der Waals surface area contributed by atoms with E-state index in [4.69, 9.17) is 0 Å². The molecule has 0 aromatic carbocycles. The molecule has 0 aromatic heterocycles. The summed E-state index contributed by atoms with van der Waals surface area (Å²) in [5, 5.41) is 2.91. The van der Waals surface area contributed by atoms with Gasteiger partial charge in [0.25, 0.3) is 0 Å². The van der Waals surface area contributed by atoms with Crippen LogP contribution in [0.25, 0.3) is 0 Å². The molecule has 0 bridgehead atoms. The highest BCUT2D eigenvalue weighted by Gasteiger charge is 2.22. The van der Waals surface area contributed by atoms with Crippen molar-refractivity contribution >= 4 is 16.7 Å². The Hall–Kier alpha value is -0.420. The Balaban J connectivity index is 2.44. The van der Waals surface area contributed by atoms with Crippen LogP contribution in [0.5, 0.6) is 0 Å². The summed E-state index contributed by atoms with van der Waals surface area (Å²) >= 11 is 0. The number of nitrogens with zero attached hydrogens (tertiary/aromatic N) is 1. The fourth-order valence-electron chi connectivity index (χ4n) is 1.26. The van der Waals surface area contributed by atoms with E-state index in [1.165, 1.54) is 0 Å². The molecule has 0 aliphatic carbocycles. The van der Waals surface area contributed by atoms with Crippen molar-refractivity contribution < 1.29 is 9.00 Å². The first-order valence-electron chi connectivity index (χ1n) is 4.46. The van der Waals surface area contributed by atoms with Crippen LogP contribution in [0.15, 0.2) is 0 Å². The van der Waals surface area contributed by atoms with E-state index in [-0.39, 0.29) is 11.9 Å². The van der Waals surface area contributed by atoms with Crippen molar-refractivity contribution in [3.63, 3.8) is 0 Å². The molecule has 0 saturated carbocycles. The van der Waals surface area contributed by atoms with Crippen LogP contribution in [0.4, 0.5) is 0 Å². The van der Waals surface area contributed by atoms with Gasteiger partial charge in [0, 0.05) is 35.4 Å². The number of nitrogens with one attached hydrogen (secondary N) is 1. The Morgan fingerprint density at radius 3 is 2.46 bits per heavy atom. The lowest BCUT2D eigenvalue weighted by Crippen LogP contribution is -2.48. The van der Waals surface area contributed by atoms with Crippen LogP contribution in [0, 0.1) is 0 Å². The van der Waals surface area contributed by atoms with Gasteiger partial charge < -0.3 is 10.2 Å². The van der Waals surface area contributed by atoms with Crippen LogP contribution in [-0.2, 0) is 15.6 Å². The monoisotopic (exact) mass is 204 g/mol. The van der Waals surface area contributed by atoms with Crippen LogP contribution < -0.4 is 5.32 Å². The van der Waals surface area contributed by atoms with Crippen LogP contribution in [0.1, 0.15) is 6.92 Å². The second-order valence-electron chi connectivity index (χ2n) is 3.18. The molecule has 1 rings (SSSR count). The summed E-state index contributed by atoms with van der Waals surface area (Å²) in [5.41, 5.74) is 0. The first-order chi connectivity index (χ1) is 6.15. The fourth-order valence-corrected chi connectivity index (χ4v) is 2.31. The van der Waals surface area contributed by atoms with Gasteiger partial charge in [-0.25, -0.2) is 0 Å². The number of amides is 1. The normalized spacial score (nSPS) is 21.5. The van der Waals surface area contributed by atoms with E-state index in [1.54, 1.807) is 11.9 Å². The van der Waals surface area contributed by atoms with Gasteiger partial charge in [-0.05, 0) is 14.0 Å². The maximum Gasteiger partial charge on any atom is 0.239 e. The van der Waals surface area contributed by atoms with Gasteiger partial charge in [-0.3, -0.25) is 9.00 Å². The van der Waals surface area contributed by atoms with Crippen molar-refractivity contribution in [2.24, 2.45) is 0 Å². The highest BCUT2D eigenvalue weighted by atomic mass is 32.2. The topological polar surface area (TPSA) is 49.4 Å². The summed E-state index contributed by atoms with van der Waals surface area (Å²) in [4.78, 5) is 13.4. The Morgan fingerprint density at radius 1 is 1.46 bits per heavy atom. The largest absolute Gasteiger partial charge is 0.340 e. The van der Waals surface area contributed by atoms with Crippen molar-refractivity contribution in [2.45, 2.75) is 13.0 Å². The molecular weight excluding hydrogens is 188 g/mol. The Morgan fingerprint density at radius 2 is 2.00 bits per heavy atom. The smallest absolute Gasteiger partial charge is 0.239 e. The van der Waals surface area contributed by atoms with Crippen molar-refractivity contribution in [3.05, 3.63) is 0 Å². The minimum Gasteiger partial charge on any atom is -0.340 e. The molecule has 1 unspecified atom stereocenters. The summed E-state index contributed by atoms with van der Waals surface area (Å²) in [6.07, 6.45) is 0. The van der Waals surface area contributed by atoms with Gasteiger partial charge >= 0.3 is 0 Å². The molecule has 5 heteroatoms. The average Bonchev–Trinajstić information content (AvgIpc) is 2.17. The molecule has 1 aliphatic rings. The molecule has 4 nitrogen and oxygen atoms in total. The van der Waals surface area contributed by atoms with Crippen LogP contribution >= 0.6 is 0 Å². The number of carbonyl (C=O) groups excluding carboxylic acids is 1. The van der Waals surface area contributed by atoms with Crippen molar-refractivity contribution in [1.82, 2.24) is 10.2 Å². The maximum absolute atomic E-state index is 11.6. The zero-order chi connectivity index (χ0) is 9.84. The lowest BCUT2D eigenvalue weighted by molar-refractivity contribution is -0.132. The standard InChI is InChI=1S/C8H16N2O2S/c1-7(9-2)8(11)10-3-5-13(12)6-4-10/h7,9H,3-6H2,1-2H3. The molecule has 1 amide bonds. The Labute approximate surface area is 81.1 Å². The van der Waals surface area contributed by atoms with Gasteiger partial charge in [-0.2, -0.15) is 0 Å². The number of likely N-dealkylation sites (N-methyl/N-ethyl adjacent to an activating group) is 1. The molecule has 76 valence electrons. The molecule has 1 fully saturated rings. The molecule has 1 heterocycles. The van der Waals surface area contributed by atoms with Gasteiger partial charge in [-0.15, -0.1) is 0 Å². The summed E-state index contributed by atoms with van der Waals surface area (Å²) < 4.78 is 11.0. The zero-order valence-corrected chi connectivity index (χ0v) is 8.89. The Bertz CT molecular complexity index is 210. The Kier molecular flexibility index (Phi) is 3.87. The molecule has 1 saturated heterocycles. The lowest BCUT2D eigenvalue weighted by atomic mass is 10.3. The van der Waals surface area contributed by atoms with Gasteiger partial charge in [0.1, 0.15) is 0 Å². The van der Waals surface area contributed by atoms with Gasteiger partial charge in [0.05, 0.1) is 6.04 Å². The molecule has 13 heavy (non-hydrogen) atoms. The maximum atomic E-state index is 11.6. The van der Waals surface area contributed by atoms with Crippen LogP contribution in [-0.4, -0.2) is 52.7 Å². The van der Waals surface area contributed by atoms with Gasteiger partial charge in [-0.1, -0.05) is 0 Å². The van der Waals surface area contributed by atoms with E-state index >= 15 is 0 Å². The van der Waals surface area contributed by atoms with E-state index in [0.717, 1.165) is 0 Å². The number of hydrogen-bond acceptors (Lipinski definition) is 3. The predicted molar refractivity (Wildman–Crippen MR) is 53.0 cm³/mol. The first-order valence-corrected chi connectivity index (χ1v) is 5.95. The summed E-state index contributed by atoms with van der Waals surface area (Å²) in [6, 6.07) is -0.133. The second kappa shape index (κ2) is 4.72. The lowest BCUT2D eigenvalue weighted by Gasteiger charge is -2.28. The van der Waals surface area contributed by atoms with E-state index in [2.05, 4.69) is 5.32 Å². The average molecular weight is 204 g/mol. The fraction of sp³-hybridized carbons (Fsp3) is 0.875. The molecule has 1 aliphatic heterocycles. The highest BCUT2D eigenvalue weighted by Crippen LogP contribution is 2.02. The highest BCUT2D eigenvalue weighted by molar-refractivity contribution is 7.85. The van der Waals surface area contributed by atoms with Crippen molar-refractivity contribution in [3.8, 4) is 0 Å². The minimum atomic E-state index is -0.707. The van der Waals surface area contributed by atoms with Crippen LogP contribution in [0.3, 0.4) is 0 Å². The molecule has 0 aromatic rings. The van der Waals surface area contributed by atoms with E-state index in [1.807, 2.05) is 6.92 Å². The molecule has 0 spiro atoms. The number of carbonyl (C=O) groups is 1. The first kappa shape index (κ1) is 10.7. The van der Waals surface area contributed by atoms with E-state index < -0.39 is 10.8 Å². The molecule has 1 atom stereocenters. The number of rotatable bonds is 2. The third kappa shape index (κ3) is 2.77. The third-order valence-electron chi connectivity index (χ3n) is 2.29. The summed E-state index contributed by atoms with van der Waals surface area (Å²) in [5.74, 6) is 1.36. The van der Waals surface area contributed by atoms with Gasteiger partial charge in [0.15, 0.2) is 0 Å². The predicted octanol–water partition coefficient (Wildman–Crippen LogP) is -0.815. The number of hydrogen-bond donors (Lipinski definition) is 1. The quantitative estimate of drug-likeness (QED) is 0.640. The molecular formula is C8H16N2O2S. The van der Waals surface area contributed by atoms with Crippen molar-refractivity contribution in [1.29, 1.82) is 0 Å². The van der Waals surface area contributed by atoms with Crippen molar-refractivity contribution in [2.75, 3.05) is 31.6 Å². The summed E-state index contributed by atoms with van der Waals surface area (Å²) in [7, 11) is 1.06. The molecule has 1 N–H and O–H groups in total. The molecule has 0 radical (unpaired) electrons. The second-order valence-corrected chi connectivity index (χ2v) is 4.88. The van der Waals surface area contributed by atoms with Gasteiger partial charge in [0.2, 0.25) is 5.91 Å². The van der Waals surface area contributed by atoms with E-state index in [9.17, 15) is 9.00 Å². The SMILES string of the molecule is CNC(C)C(=O)N1CCS(=O)CC1. The third-order valence-corrected chi connectivity index (χ3v) is 3.57.